The van der Waals surface area contributed by atoms with Gasteiger partial charge in [-0.25, -0.2) is 4.98 Å². The van der Waals surface area contributed by atoms with Crippen LogP contribution in [0, 0.1) is 0 Å². The van der Waals surface area contributed by atoms with E-state index in [4.69, 9.17) is 0 Å². The normalized spacial score (nSPS) is 12.0. The van der Waals surface area contributed by atoms with Crippen molar-refractivity contribution in [1.82, 2.24) is 14.9 Å². The van der Waals surface area contributed by atoms with Crippen molar-refractivity contribution >= 4 is 26.8 Å². The number of benzene rings is 1. The van der Waals surface area contributed by atoms with Crippen LogP contribution in [-0.4, -0.2) is 21.6 Å². The second-order valence-corrected chi connectivity index (χ2v) is 6.50. The van der Waals surface area contributed by atoms with E-state index < -0.39 is 0 Å². The van der Waals surface area contributed by atoms with Crippen LogP contribution in [0.1, 0.15) is 20.8 Å². The molecule has 0 saturated heterocycles. The van der Waals surface area contributed by atoms with Crippen molar-refractivity contribution < 1.29 is 0 Å². The minimum absolute atomic E-state index is 0.00186. The van der Waals surface area contributed by atoms with Gasteiger partial charge in [0, 0.05) is 23.1 Å². The van der Waals surface area contributed by atoms with Crippen molar-refractivity contribution in [1.29, 1.82) is 0 Å². The smallest absolute Gasteiger partial charge is 0.261 e. The Balaban J connectivity index is 2.25. The standard InChI is InChI=1S/C14H18BrN3O/c1-14(2,3)17-6-7-18-9-16-12-5-4-10(15)8-11(12)13(18)19/h4-5,8-9,17H,6-7H2,1-3H3. The number of fused-ring (bicyclic) bond motifs is 1. The molecule has 0 spiro atoms. The number of hydrogen-bond acceptors (Lipinski definition) is 3. The van der Waals surface area contributed by atoms with Crippen LogP contribution < -0.4 is 10.9 Å². The Hall–Kier alpha value is -1.20. The molecule has 1 heterocycles. The Kier molecular flexibility index (Phi) is 4.06. The number of hydrogen-bond donors (Lipinski definition) is 1. The van der Waals surface area contributed by atoms with Gasteiger partial charge in [0.05, 0.1) is 17.2 Å². The first kappa shape index (κ1) is 14.2. The summed E-state index contributed by atoms with van der Waals surface area (Å²) in [4.78, 5) is 16.6. The van der Waals surface area contributed by atoms with Crippen molar-refractivity contribution in [2.45, 2.75) is 32.9 Å². The van der Waals surface area contributed by atoms with Gasteiger partial charge < -0.3 is 5.32 Å². The molecule has 1 aromatic carbocycles. The minimum atomic E-state index is 0.00186. The van der Waals surface area contributed by atoms with Crippen molar-refractivity contribution in [2.24, 2.45) is 0 Å². The van der Waals surface area contributed by atoms with Crippen molar-refractivity contribution in [3.8, 4) is 0 Å². The molecule has 0 fully saturated rings. The van der Waals surface area contributed by atoms with Crippen LogP contribution in [0.5, 0.6) is 0 Å². The van der Waals surface area contributed by atoms with E-state index in [1.165, 1.54) is 0 Å². The molecular formula is C14H18BrN3O. The fourth-order valence-electron chi connectivity index (χ4n) is 1.84. The zero-order chi connectivity index (χ0) is 14.0. The molecule has 0 unspecified atom stereocenters. The highest BCUT2D eigenvalue weighted by Crippen LogP contribution is 2.14. The van der Waals surface area contributed by atoms with Gasteiger partial charge in [0.15, 0.2) is 0 Å². The summed E-state index contributed by atoms with van der Waals surface area (Å²) in [6.07, 6.45) is 1.61. The lowest BCUT2D eigenvalue weighted by atomic mass is 10.1. The van der Waals surface area contributed by atoms with Gasteiger partial charge in [-0.1, -0.05) is 15.9 Å². The lowest BCUT2D eigenvalue weighted by Gasteiger charge is -2.20. The number of nitrogens with zero attached hydrogens (tertiary/aromatic N) is 2. The van der Waals surface area contributed by atoms with Crippen molar-refractivity contribution in [3.63, 3.8) is 0 Å². The maximum Gasteiger partial charge on any atom is 0.261 e. The Morgan fingerprint density at radius 1 is 1.37 bits per heavy atom. The third-order valence-electron chi connectivity index (χ3n) is 2.79. The predicted molar refractivity (Wildman–Crippen MR) is 81.5 cm³/mol. The molecule has 102 valence electrons. The number of nitrogens with one attached hydrogen (secondary N) is 1. The van der Waals surface area contributed by atoms with Gasteiger partial charge in [-0.3, -0.25) is 9.36 Å². The summed E-state index contributed by atoms with van der Waals surface area (Å²) in [6, 6.07) is 5.55. The number of rotatable bonds is 3. The first-order valence-electron chi connectivity index (χ1n) is 6.26. The Labute approximate surface area is 121 Å². The lowest BCUT2D eigenvalue weighted by molar-refractivity contribution is 0.410. The molecule has 1 aromatic heterocycles. The molecule has 1 N–H and O–H groups in total. The Morgan fingerprint density at radius 2 is 2.11 bits per heavy atom. The van der Waals surface area contributed by atoms with Gasteiger partial charge >= 0.3 is 0 Å². The van der Waals surface area contributed by atoms with E-state index in [0.717, 1.165) is 16.5 Å². The number of halogens is 1. The molecule has 5 heteroatoms. The topological polar surface area (TPSA) is 46.9 Å². The Morgan fingerprint density at radius 3 is 2.79 bits per heavy atom. The SMILES string of the molecule is CC(C)(C)NCCn1cnc2ccc(Br)cc2c1=O. The summed E-state index contributed by atoms with van der Waals surface area (Å²) in [5.41, 5.74) is 0.784. The highest BCUT2D eigenvalue weighted by Gasteiger charge is 2.09. The third-order valence-corrected chi connectivity index (χ3v) is 3.29. The summed E-state index contributed by atoms with van der Waals surface area (Å²) in [6.45, 7) is 7.67. The van der Waals surface area contributed by atoms with Crippen LogP contribution in [0.3, 0.4) is 0 Å². The van der Waals surface area contributed by atoms with Crippen molar-refractivity contribution in [3.05, 3.63) is 39.4 Å². The molecule has 0 aliphatic rings. The Bertz CT molecular complexity index is 643. The molecule has 0 bridgehead atoms. The lowest BCUT2D eigenvalue weighted by Crippen LogP contribution is -2.39. The minimum Gasteiger partial charge on any atom is -0.310 e. The van der Waals surface area contributed by atoms with E-state index in [1.54, 1.807) is 10.9 Å². The molecule has 0 aliphatic carbocycles. The van der Waals surface area contributed by atoms with E-state index >= 15 is 0 Å². The van der Waals surface area contributed by atoms with Gasteiger partial charge in [0.2, 0.25) is 0 Å². The third kappa shape index (κ3) is 3.64. The molecule has 2 aromatic rings. The second-order valence-electron chi connectivity index (χ2n) is 5.58. The monoisotopic (exact) mass is 323 g/mol. The average Bonchev–Trinajstić information content (AvgIpc) is 2.31. The van der Waals surface area contributed by atoms with Crippen LogP contribution in [0.15, 0.2) is 33.8 Å². The first-order chi connectivity index (χ1) is 8.87. The van der Waals surface area contributed by atoms with Gasteiger partial charge in [-0.05, 0) is 39.0 Å². The molecule has 0 radical (unpaired) electrons. The quantitative estimate of drug-likeness (QED) is 0.944. The summed E-state index contributed by atoms with van der Waals surface area (Å²) in [5.74, 6) is 0. The van der Waals surface area contributed by atoms with Crippen LogP contribution in [-0.2, 0) is 6.54 Å². The molecular weight excluding hydrogens is 306 g/mol. The molecule has 0 saturated carbocycles. The van der Waals surface area contributed by atoms with E-state index in [0.29, 0.717) is 11.9 Å². The van der Waals surface area contributed by atoms with E-state index in [1.807, 2.05) is 18.2 Å². The van der Waals surface area contributed by atoms with Gasteiger partial charge in [0.1, 0.15) is 0 Å². The molecule has 19 heavy (non-hydrogen) atoms. The van der Waals surface area contributed by atoms with Gasteiger partial charge in [-0.15, -0.1) is 0 Å². The highest BCUT2D eigenvalue weighted by molar-refractivity contribution is 9.10. The fraction of sp³-hybridized carbons (Fsp3) is 0.429. The fourth-order valence-corrected chi connectivity index (χ4v) is 2.20. The maximum atomic E-state index is 12.3. The van der Waals surface area contributed by atoms with Crippen LogP contribution in [0.4, 0.5) is 0 Å². The highest BCUT2D eigenvalue weighted by atomic mass is 79.9. The largest absolute Gasteiger partial charge is 0.310 e. The summed E-state index contributed by atoms with van der Waals surface area (Å²) in [7, 11) is 0. The summed E-state index contributed by atoms with van der Waals surface area (Å²) >= 11 is 3.38. The van der Waals surface area contributed by atoms with Crippen LogP contribution in [0.2, 0.25) is 0 Å². The summed E-state index contributed by atoms with van der Waals surface area (Å²) in [5, 5.41) is 4.01. The molecule has 0 atom stereocenters. The summed E-state index contributed by atoms with van der Waals surface area (Å²) < 4.78 is 2.54. The maximum absolute atomic E-state index is 12.3. The van der Waals surface area contributed by atoms with Crippen molar-refractivity contribution in [2.75, 3.05) is 6.54 Å². The van der Waals surface area contributed by atoms with E-state index in [-0.39, 0.29) is 11.1 Å². The zero-order valence-electron chi connectivity index (χ0n) is 11.4. The first-order valence-corrected chi connectivity index (χ1v) is 7.06. The van der Waals surface area contributed by atoms with E-state index in [2.05, 4.69) is 47.0 Å². The van der Waals surface area contributed by atoms with Crippen LogP contribution >= 0.6 is 15.9 Å². The molecule has 0 amide bonds. The molecule has 0 aliphatic heterocycles. The second kappa shape index (κ2) is 5.43. The van der Waals surface area contributed by atoms with Gasteiger partial charge in [0.25, 0.3) is 5.56 Å². The number of aromatic nitrogens is 2. The average molecular weight is 324 g/mol. The molecule has 4 nitrogen and oxygen atoms in total. The predicted octanol–water partition coefficient (Wildman–Crippen LogP) is 2.55. The van der Waals surface area contributed by atoms with E-state index in [9.17, 15) is 4.79 Å². The van der Waals surface area contributed by atoms with Gasteiger partial charge in [-0.2, -0.15) is 0 Å². The molecule has 2 rings (SSSR count). The zero-order valence-corrected chi connectivity index (χ0v) is 13.0. The van der Waals surface area contributed by atoms with Crippen LogP contribution in [0.25, 0.3) is 10.9 Å².